The second kappa shape index (κ2) is 7.04. The average molecular weight is 344 g/mol. The fourth-order valence-corrected chi connectivity index (χ4v) is 3.05. The van der Waals surface area contributed by atoms with Gasteiger partial charge in [0.2, 0.25) is 0 Å². The molecule has 25 heavy (non-hydrogen) atoms. The molecule has 132 valence electrons. The monoisotopic (exact) mass is 344 g/mol. The number of benzene rings is 1. The molecule has 0 bridgehead atoms. The van der Waals surface area contributed by atoms with E-state index in [1.165, 1.54) is 0 Å². The number of hydrogen-bond acceptors (Lipinski definition) is 5. The molecule has 0 atom stereocenters. The molecule has 0 aromatic heterocycles. The molecule has 1 fully saturated rings. The molecular weight excluding hydrogens is 324 g/mol. The van der Waals surface area contributed by atoms with Gasteiger partial charge < -0.3 is 9.64 Å². The standard InChI is InChI=1S/C18H20N2O5/c1-12-6-8-19(9-7-12)15(21)11-25-16(22)10-20-17(23)13-4-2-3-5-14(13)18(20)24/h2-5,12H,6-11H2,1H3. The van der Waals surface area contributed by atoms with Gasteiger partial charge in [-0.05, 0) is 30.9 Å². The van der Waals surface area contributed by atoms with E-state index < -0.39 is 24.3 Å². The molecule has 7 heteroatoms. The fraction of sp³-hybridized carbons (Fsp3) is 0.444. The Morgan fingerprint density at radius 2 is 1.64 bits per heavy atom. The van der Waals surface area contributed by atoms with E-state index >= 15 is 0 Å². The third-order valence-electron chi connectivity index (χ3n) is 4.66. The molecule has 1 aromatic rings. The predicted molar refractivity (Wildman–Crippen MR) is 87.7 cm³/mol. The minimum Gasteiger partial charge on any atom is -0.454 e. The van der Waals surface area contributed by atoms with E-state index in [0.29, 0.717) is 19.0 Å². The summed E-state index contributed by atoms with van der Waals surface area (Å²) in [5.41, 5.74) is 0.553. The summed E-state index contributed by atoms with van der Waals surface area (Å²) in [6.07, 6.45) is 1.88. The molecule has 0 aliphatic carbocycles. The van der Waals surface area contributed by atoms with Crippen molar-refractivity contribution in [1.82, 2.24) is 9.80 Å². The van der Waals surface area contributed by atoms with Crippen LogP contribution in [0.3, 0.4) is 0 Å². The van der Waals surface area contributed by atoms with Crippen molar-refractivity contribution in [3.63, 3.8) is 0 Å². The number of piperidine rings is 1. The smallest absolute Gasteiger partial charge is 0.326 e. The summed E-state index contributed by atoms with van der Waals surface area (Å²) in [7, 11) is 0. The van der Waals surface area contributed by atoms with Crippen molar-refractivity contribution < 1.29 is 23.9 Å². The maximum Gasteiger partial charge on any atom is 0.326 e. The second-order valence-electron chi connectivity index (χ2n) is 6.47. The minimum absolute atomic E-state index is 0.248. The molecule has 3 amide bonds. The molecule has 0 spiro atoms. The summed E-state index contributed by atoms with van der Waals surface area (Å²) in [4.78, 5) is 50.9. The van der Waals surface area contributed by atoms with Gasteiger partial charge in [0.05, 0.1) is 11.1 Å². The van der Waals surface area contributed by atoms with Crippen LogP contribution in [-0.2, 0) is 14.3 Å². The van der Waals surface area contributed by atoms with Gasteiger partial charge in [-0.2, -0.15) is 0 Å². The van der Waals surface area contributed by atoms with E-state index in [9.17, 15) is 19.2 Å². The van der Waals surface area contributed by atoms with Crippen molar-refractivity contribution >= 4 is 23.7 Å². The Balaban J connectivity index is 1.51. The topological polar surface area (TPSA) is 84.0 Å². The van der Waals surface area contributed by atoms with E-state index in [1.54, 1.807) is 29.2 Å². The maximum atomic E-state index is 12.2. The van der Waals surface area contributed by atoms with Gasteiger partial charge in [0, 0.05) is 13.1 Å². The van der Waals surface area contributed by atoms with Crippen molar-refractivity contribution in [3.05, 3.63) is 35.4 Å². The fourth-order valence-electron chi connectivity index (χ4n) is 3.05. The summed E-state index contributed by atoms with van der Waals surface area (Å²) < 4.78 is 4.97. The molecule has 3 rings (SSSR count). The molecule has 1 saturated heterocycles. The average Bonchev–Trinajstić information content (AvgIpc) is 2.86. The van der Waals surface area contributed by atoms with Crippen molar-refractivity contribution in [2.75, 3.05) is 26.2 Å². The first-order valence-electron chi connectivity index (χ1n) is 8.36. The van der Waals surface area contributed by atoms with Gasteiger partial charge in [-0.25, -0.2) is 0 Å². The number of carbonyl (C=O) groups excluding carboxylic acids is 4. The van der Waals surface area contributed by atoms with E-state index in [1.807, 2.05) is 0 Å². The van der Waals surface area contributed by atoms with Crippen LogP contribution >= 0.6 is 0 Å². The van der Waals surface area contributed by atoms with Crippen LogP contribution in [0.5, 0.6) is 0 Å². The van der Waals surface area contributed by atoms with Gasteiger partial charge in [0.25, 0.3) is 17.7 Å². The first kappa shape index (κ1) is 17.1. The highest BCUT2D eigenvalue weighted by Gasteiger charge is 2.36. The number of fused-ring (bicyclic) bond motifs is 1. The Morgan fingerprint density at radius 3 is 2.20 bits per heavy atom. The van der Waals surface area contributed by atoms with Gasteiger partial charge >= 0.3 is 5.97 Å². The number of nitrogens with zero attached hydrogens (tertiary/aromatic N) is 2. The van der Waals surface area contributed by atoms with Crippen LogP contribution in [0.4, 0.5) is 0 Å². The number of rotatable bonds is 4. The third-order valence-corrected chi connectivity index (χ3v) is 4.66. The SMILES string of the molecule is CC1CCN(C(=O)COC(=O)CN2C(=O)c3ccccc3C2=O)CC1. The first-order valence-corrected chi connectivity index (χ1v) is 8.36. The highest BCUT2D eigenvalue weighted by atomic mass is 16.5. The van der Waals surface area contributed by atoms with Crippen LogP contribution in [-0.4, -0.2) is 59.7 Å². The third kappa shape index (κ3) is 3.55. The highest BCUT2D eigenvalue weighted by molar-refractivity contribution is 6.22. The van der Waals surface area contributed by atoms with E-state index in [-0.39, 0.29) is 23.6 Å². The van der Waals surface area contributed by atoms with E-state index in [0.717, 1.165) is 17.7 Å². The molecule has 2 aliphatic rings. The van der Waals surface area contributed by atoms with Gasteiger partial charge in [-0.3, -0.25) is 24.1 Å². The van der Waals surface area contributed by atoms with Crippen LogP contribution in [0.1, 0.15) is 40.5 Å². The molecule has 0 saturated carbocycles. The van der Waals surface area contributed by atoms with Gasteiger partial charge in [0.15, 0.2) is 6.61 Å². The first-order chi connectivity index (χ1) is 12.0. The van der Waals surface area contributed by atoms with Crippen molar-refractivity contribution in [1.29, 1.82) is 0 Å². The number of carbonyl (C=O) groups is 4. The normalized spacial score (nSPS) is 17.6. The highest BCUT2D eigenvalue weighted by Crippen LogP contribution is 2.22. The Bertz CT molecular complexity index is 687. The molecule has 2 aliphatic heterocycles. The summed E-state index contributed by atoms with van der Waals surface area (Å²) in [5.74, 6) is -1.46. The zero-order chi connectivity index (χ0) is 18.0. The lowest BCUT2D eigenvalue weighted by Gasteiger charge is -2.30. The molecule has 0 N–H and O–H groups in total. The van der Waals surface area contributed by atoms with Crippen molar-refractivity contribution in [3.8, 4) is 0 Å². The molecule has 1 aromatic carbocycles. The number of esters is 1. The quantitative estimate of drug-likeness (QED) is 0.603. The zero-order valence-corrected chi connectivity index (χ0v) is 14.1. The van der Waals surface area contributed by atoms with Crippen LogP contribution in [0.15, 0.2) is 24.3 Å². The number of imide groups is 1. The predicted octanol–water partition coefficient (Wildman–Crippen LogP) is 1.08. The molecule has 0 radical (unpaired) electrons. The Morgan fingerprint density at radius 1 is 1.08 bits per heavy atom. The lowest BCUT2D eigenvalue weighted by atomic mass is 9.99. The van der Waals surface area contributed by atoms with Crippen molar-refractivity contribution in [2.45, 2.75) is 19.8 Å². The second-order valence-corrected chi connectivity index (χ2v) is 6.47. The number of ether oxygens (including phenoxy) is 1. The Labute approximate surface area is 145 Å². The molecule has 2 heterocycles. The van der Waals surface area contributed by atoms with Crippen molar-refractivity contribution in [2.24, 2.45) is 5.92 Å². The number of hydrogen-bond donors (Lipinski definition) is 0. The lowest BCUT2D eigenvalue weighted by Crippen LogP contribution is -2.41. The molecular formula is C18H20N2O5. The Kier molecular flexibility index (Phi) is 4.83. The van der Waals surface area contributed by atoms with Crippen LogP contribution < -0.4 is 0 Å². The number of likely N-dealkylation sites (tertiary alicyclic amines) is 1. The Hall–Kier alpha value is -2.70. The maximum absolute atomic E-state index is 12.2. The summed E-state index contributed by atoms with van der Waals surface area (Å²) in [6, 6.07) is 6.40. The van der Waals surface area contributed by atoms with Gasteiger partial charge in [-0.15, -0.1) is 0 Å². The number of amides is 3. The molecule has 0 unspecified atom stereocenters. The van der Waals surface area contributed by atoms with Gasteiger partial charge in [-0.1, -0.05) is 19.1 Å². The van der Waals surface area contributed by atoms with E-state index in [4.69, 9.17) is 4.74 Å². The van der Waals surface area contributed by atoms with Crippen LogP contribution in [0.25, 0.3) is 0 Å². The molecule has 7 nitrogen and oxygen atoms in total. The lowest BCUT2D eigenvalue weighted by molar-refractivity contribution is -0.152. The summed E-state index contributed by atoms with van der Waals surface area (Å²) in [6.45, 7) is 2.61. The van der Waals surface area contributed by atoms with Crippen LogP contribution in [0.2, 0.25) is 0 Å². The largest absolute Gasteiger partial charge is 0.454 e. The summed E-state index contributed by atoms with van der Waals surface area (Å²) in [5, 5.41) is 0. The minimum atomic E-state index is -0.770. The summed E-state index contributed by atoms with van der Waals surface area (Å²) >= 11 is 0. The van der Waals surface area contributed by atoms with Crippen LogP contribution in [0, 0.1) is 5.92 Å². The zero-order valence-electron chi connectivity index (χ0n) is 14.1. The van der Waals surface area contributed by atoms with E-state index in [2.05, 4.69) is 6.92 Å². The van der Waals surface area contributed by atoms with Gasteiger partial charge in [0.1, 0.15) is 6.54 Å².